The summed E-state index contributed by atoms with van der Waals surface area (Å²) in [6, 6.07) is 18.8. The monoisotopic (exact) mass is 366 g/mol. The van der Waals surface area contributed by atoms with E-state index in [-0.39, 0.29) is 5.91 Å². The molecule has 1 heterocycles. The van der Waals surface area contributed by atoms with Crippen molar-refractivity contribution in [3.05, 3.63) is 82.8 Å². The molecule has 0 unspecified atom stereocenters. The van der Waals surface area contributed by atoms with Crippen LogP contribution in [0.3, 0.4) is 0 Å². The van der Waals surface area contributed by atoms with Crippen molar-refractivity contribution in [1.82, 2.24) is 14.9 Å². The molecular weight excluding hydrogens is 348 g/mol. The molecule has 0 saturated carbocycles. The second-order valence-corrected chi connectivity index (χ2v) is 6.40. The van der Waals surface area contributed by atoms with E-state index in [0.29, 0.717) is 28.9 Å². The summed E-state index contributed by atoms with van der Waals surface area (Å²) in [6.07, 6.45) is 0. The fourth-order valence-electron chi connectivity index (χ4n) is 2.58. The molecule has 1 N–H and O–H groups in total. The Bertz CT molecular complexity index is 915. The van der Waals surface area contributed by atoms with Gasteiger partial charge < -0.3 is 10.2 Å². The lowest BCUT2D eigenvalue weighted by Gasteiger charge is -2.17. The van der Waals surface area contributed by atoms with Crippen LogP contribution in [0.15, 0.2) is 60.7 Å². The molecule has 0 bridgehead atoms. The van der Waals surface area contributed by atoms with Crippen LogP contribution in [0.25, 0.3) is 0 Å². The number of anilines is 2. The van der Waals surface area contributed by atoms with Gasteiger partial charge in [0.15, 0.2) is 0 Å². The van der Waals surface area contributed by atoms with Crippen LogP contribution < -0.4 is 5.32 Å². The van der Waals surface area contributed by atoms with Crippen LogP contribution in [0.2, 0.25) is 5.02 Å². The van der Waals surface area contributed by atoms with Crippen molar-refractivity contribution in [2.24, 2.45) is 0 Å². The predicted octanol–water partition coefficient (Wildman–Crippen LogP) is 4.45. The minimum Gasteiger partial charge on any atom is -0.340 e. The molecule has 3 rings (SSSR count). The van der Waals surface area contributed by atoms with Crippen LogP contribution in [-0.2, 0) is 6.54 Å². The van der Waals surface area contributed by atoms with E-state index in [4.69, 9.17) is 11.6 Å². The van der Waals surface area contributed by atoms with Crippen molar-refractivity contribution in [2.75, 3.05) is 12.4 Å². The quantitative estimate of drug-likeness (QED) is 0.724. The Morgan fingerprint density at radius 2 is 1.85 bits per heavy atom. The SMILES string of the molecule is Cc1nc(Nc2cccc(Cl)c2)cc(C(=O)N(C)Cc2ccccc2)n1. The lowest BCUT2D eigenvalue weighted by atomic mass is 10.2. The highest BCUT2D eigenvalue weighted by atomic mass is 35.5. The second kappa shape index (κ2) is 7.97. The zero-order valence-corrected chi connectivity index (χ0v) is 15.4. The third-order valence-electron chi connectivity index (χ3n) is 3.76. The Balaban J connectivity index is 1.79. The molecule has 3 aromatic rings. The molecule has 1 amide bonds. The van der Waals surface area contributed by atoms with Gasteiger partial charge in [0.25, 0.3) is 5.91 Å². The molecule has 0 aliphatic carbocycles. The highest BCUT2D eigenvalue weighted by Crippen LogP contribution is 2.20. The zero-order valence-electron chi connectivity index (χ0n) is 14.6. The molecule has 0 spiro atoms. The Morgan fingerprint density at radius 3 is 2.58 bits per heavy atom. The van der Waals surface area contributed by atoms with E-state index in [1.807, 2.05) is 42.5 Å². The first kappa shape index (κ1) is 17.9. The van der Waals surface area contributed by atoms with Gasteiger partial charge in [-0.05, 0) is 30.7 Å². The maximum atomic E-state index is 12.7. The van der Waals surface area contributed by atoms with Gasteiger partial charge in [0.1, 0.15) is 17.3 Å². The third-order valence-corrected chi connectivity index (χ3v) is 4.00. The number of aromatic nitrogens is 2. The average molecular weight is 367 g/mol. The minimum atomic E-state index is -0.159. The Labute approximate surface area is 157 Å². The standard InChI is InChI=1S/C20H19ClN4O/c1-14-22-18(20(26)25(2)13-15-7-4-3-5-8-15)12-19(23-14)24-17-10-6-9-16(21)11-17/h3-12H,13H2,1-2H3,(H,22,23,24). The molecule has 2 aromatic carbocycles. The van der Waals surface area contributed by atoms with E-state index >= 15 is 0 Å². The summed E-state index contributed by atoms with van der Waals surface area (Å²) in [6.45, 7) is 2.27. The van der Waals surface area contributed by atoms with Crippen molar-refractivity contribution in [1.29, 1.82) is 0 Å². The maximum Gasteiger partial charge on any atom is 0.272 e. The fourth-order valence-corrected chi connectivity index (χ4v) is 2.77. The van der Waals surface area contributed by atoms with Gasteiger partial charge >= 0.3 is 0 Å². The van der Waals surface area contributed by atoms with Crippen molar-refractivity contribution in [3.8, 4) is 0 Å². The molecular formula is C20H19ClN4O. The number of aryl methyl sites for hydroxylation is 1. The van der Waals surface area contributed by atoms with Crippen LogP contribution in [0.5, 0.6) is 0 Å². The molecule has 0 aliphatic heterocycles. The van der Waals surface area contributed by atoms with Gasteiger partial charge in [-0.25, -0.2) is 9.97 Å². The van der Waals surface area contributed by atoms with E-state index < -0.39 is 0 Å². The number of benzene rings is 2. The van der Waals surface area contributed by atoms with Crippen LogP contribution in [0.1, 0.15) is 21.9 Å². The summed E-state index contributed by atoms with van der Waals surface area (Å²) in [7, 11) is 1.76. The summed E-state index contributed by atoms with van der Waals surface area (Å²) in [5.41, 5.74) is 2.21. The van der Waals surface area contributed by atoms with Crippen LogP contribution in [0.4, 0.5) is 11.5 Å². The van der Waals surface area contributed by atoms with Crippen molar-refractivity contribution in [3.63, 3.8) is 0 Å². The van der Waals surface area contributed by atoms with Crippen LogP contribution in [-0.4, -0.2) is 27.8 Å². The van der Waals surface area contributed by atoms with Gasteiger partial charge in [-0.2, -0.15) is 0 Å². The lowest BCUT2D eigenvalue weighted by Crippen LogP contribution is -2.27. The lowest BCUT2D eigenvalue weighted by molar-refractivity contribution is 0.0779. The first-order valence-corrected chi connectivity index (χ1v) is 8.57. The number of nitrogens with one attached hydrogen (secondary N) is 1. The molecule has 132 valence electrons. The number of rotatable bonds is 5. The van der Waals surface area contributed by atoms with Gasteiger partial charge in [0.2, 0.25) is 0 Å². The third kappa shape index (κ3) is 4.58. The largest absolute Gasteiger partial charge is 0.340 e. The smallest absolute Gasteiger partial charge is 0.272 e. The van der Waals surface area contributed by atoms with Crippen molar-refractivity contribution >= 4 is 29.0 Å². The normalized spacial score (nSPS) is 10.4. The number of hydrogen-bond donors (Lipinski definition) is 1. The van der Waals surface area contributed by atoms with Crippen molar-refractivity contribution < 1.29 is 4.79 Å². The maximum absolute atomic E-state index is 12.7. The molecule has 1 aromatic heterocycles. The number of hydrogen-bond acceptors (Lipinski definition) is 4. The Kier molecular flexibility index (Phi) is 5.49. The van der Waals surface area contributed by atoms with E-state index in [1.165, 1.54) is 0 Å². The molecule has 6 heteroatoms. The van der Waals surface area contributed by atoms with Crippen LogP contribution in [0, 0.1) is 6.92 Å². The summed E-state index contributed by atoms with van der Waals surface area (Å²) in [5.74, 6) is 0.915. The van der Waals surface area contributed by atoms with Gasteiger partial charge in [0.05, 0.1) is 0 Å². The van der Waals surface area contributed by atoms with Gasteiger partial charge in [-0.1, -0.05) is 48.0 Å². The summed E-state index contributed by atoms with van der Waals surface area (Å²) in [5, 5.41) is 3.79. The topological polar surface area (TPSA) is 58.1 Å². The Morgan fingerprint density at radius 1 is 1.08 bits per heavy atom. The average Bonchev–Trinajstić information content (AvgIpc) is 2.61. The molecule has 0 radical (unpaired) electrons. The van der Waals surface area contributed by atoms with Crippen LogP contribution >= 0.6 is 11.6 Å². The number of carbonyl (C=O) groups is 1. The molecule has 0 aliphatic rings. The van der Waals surface area contributed by atoms with Gasteiger partial charge in [-0.15, -0.1) is 0 Å². The summed E-state index contributed by atoms with van der Waals surface area (Å²) in [4.78, 5) is 23.0. The predicted molar refractivity (Wildman–Crippen MR) is 104 cm³/mol. The number of amides is 1. The summed E-state index contributed by atoms with van der Waals surface area (Å²) >= 11 is 6.01. The van der Waals surface area contributed by atoms with E-state index in [1.54, 1.807) is 37.1 Å². The molecule has 5 nitrogen and oxygen atoms in total. The first-order valence-electron chi connectivity index (χ1n) is 8.19. The highest BCUT2D eigenvalue weighted by Gasteiger charge is 2.15. The zero-order chi connectivity index (χ0) is 18.5. The fraction of sp³-hybridized carbons (Fsp3) is 0.150. The van der Waals surface area contributed by atoms with Crippen molar-refractivity contribution in [2.45, 2.75) is 13.5 Å². The number of nitrogens with zero attached hydrogens (tertiary/aromatic N) is 3. The molecule has 0 atom stereocenters. The second-order valence-electron chi connectivity index (χ2n) is 5.97. The van der Waals surface area contributed by atoms with Gasteiger partial charge in [0, 0.05) is 30.4 Å². The highest BCUT2D eigenvalue weighted by molar-refractivity contribution is 6.30. The number of carbonyl (C=O) groups excluding carboxylic acids is 1. The first-order chi connectivity index (χ1) is 12.5. The Hall–Kier alpha value is -2.92. The van der Waals surface area contributed by atoms with E-state index in [2.05, 4.69) is 15.3 Å². The summed E-state index contributed by atoms with van der Waals surface area (Å²) < 4.78 is 0. The minimum absolute atomic E-state index is 0.159. The molecule has 0 saturated heterocycles. The van der Waals surface area contributed by atoms with E-state index in [0.717, 1.165) is 11.3 Å². The molecule has 26 heavy (non-hydrogen) atoms. The van der Waals surface area contributed by atoms with E-state index in [9.17, 15) is 4.79 Å². The van der Waals surface area contributed by atoms with Gasteiger partial charge in [-0.3, -0.25) is 4.79 Å². The number of halogens is 1. The molecule has 0 fully saturated rings.